The Kier molecular flexibility index (Phi) is 3.37. The summed E-state index contributed by atoms with van der Waals surface area (Å²) in [5.74, 6) is 1.01. The Morgan fingerprint density at radius 3 is 2.90 bits per heavy atom. The van der Waals surface area contributed by atoms with Gasteiger partial charge in [-0.3, -0.25) is 0 Å². The van der Waals surface area contributed by atoms with Crippen LogP contribution < -0.4 is 10.2 Å². The van der Waals surface area contributed by atoms with Crippen LogP contribution in [0.4, 0.5) is 0 Å². The third-order valence-corrected chi connectivity index (χ3v) is 3.36. The molecule has 0 unspecified atom stereocenters. The van der Waals surface area contributed by atoms with Crippen molar-refractivity contribution < 1.29 is 14.4 Å². The van der Waals surface area contributed by atoms with Gasteiger partial charge in [-0.05, 0) is 41.4 Å². The van der Waals surface area contributed by atoms with E-state index in [1.807, 2.05) is 12.1 Å². The Morgan fingerprint density at radius 1 is 1.30 bits per heavy atom. The van der Waals surface area contributed by atoms with Crippen LogP contribution >= 0.6 is 11.6 Å². The zero-order chi connectivity index (χ0) is 14.1. The summed E-state index contributed by atoms with van der Waals surface area (Å²) >= 11 is 6.05. The number of ether oxygens (including phenoxy) is 1. The Labute approximate surface area is 121 Å². The molecule has 0 spiro atoms. The van der Waals surface area contributed by atoms with Crippen molar-refractivity contribution in [2.24, 2.45) is 0 Å². The van der Waals surface area contributed by atoms with Crippen LogP contribution in [-0.2, 0) is 11.3 Å². The first kappa shape index (κ1) is 13.0. The summed E-state index contributed by atoms with van der Waals surface area (Å²) in [5, 5.41) is 18.8. The minimum absolute atomic E-state index is 0.362. The highest BCUT2D eigenvalue weighted by atomic mass is 35.5. The molecule has 4 nitrogen and oxygen atoms in total. The third kappa shape index (κ3) is 2.37. The standard InChI is InChI=1S/C14H9BClNO3/c16-13-5-9(7-17)1-4-14(13)20-11-3-2-10-8-19-15(18)12(10)6-11/h1-6,18H,8H2. The van der Waals surface area contributed by atoms with E-state index in [-0.39, 0.29) is 0 Å². The molecule has 0 fully saturated rings. The van der Waals surface area contributed by atoms with E-state index >= 15 is 0 Å². The van der Waals surface area contributed by atoms with Crippen molar-refractivity contribution in [2.75, 3.05) is 0 Å². The first-order chi connectivity index (χ1) is 9.67. The lowest BCUT2D eigenvalue weighted by molar-refractivity contribution is 0.275. The Bertz CT molecular complexity index is 714. The van der Waals surface area contributed by atoms with E-state index in [0.717, 1.165) is 5.56 Å². The molecule has 0 atom stereocenters. The zero-order valence-corrected chi connectivity index (χ0v) is 11.1. The number of fused-ring (bicyclic) bond motifs is 1. The van der Waals surface area contributed by atoms with Gasteiger partial charge in [0.25, 0.3) is 0 Å². The molecular weight excluding hydrogens is 276 g/mol. The average Bonchev–Trinajstić information content (AvgIpc) is 2.82. The summed E-state index contributed by atoms with van der Waals surface area (Å²) < 4.78 is 10.8. The van der Waals surface area contributed by atoms with Crippen molar-refractivity contribution in [2.45, 2.75) is 6.61 Å². The second-order valence-corrected chi connectivity index (χ2v) is 4.79. The van der Waals surface area contributed by atoms with Crippen molar-refractivity contribution in [3.63, 3.8) is 0 Å². The fourth-order valence-corrected chi connectivity index (χ4v) is 2.26. The molecule has 1 N–H and O–H groups in total. The van der Waals surface area contributed by atoms with Crippen LogP contribution in [0, 0.1) is 11.3 Å². The van der Waals surface area contributed by atoms with Crippen molar-refractivity contribution >= 4 is 24.2 Å². The quantitative estimate of drug-likeness (QED) is 0.859. The molecule has 0 radical (unpaired) electrons. The predicted molar refractivity (Wildman–Crippen MR) is 75.1 cm³/mol. The number of rotatable bonds is 2. The smallest absolute Gasteiger partial charge is 0.456 e. The van der Waals surface area contributed by atoms with Gasteiger partial charge in [0, 0.05) is 0 Å². The van der Waals surface area contributed by atoms with Gasteiger partial charge in [-0.1, -0.05) is 17.7 Å². The molecule has 0 saturated carbocycles. The van der Waals surface area contributed by atoms with Crippen LogP contribution in [0.2, 0.25) is 5.02 Å². The van der Waals surface area contributed by atoms with E-state index in [1.54, 1.807) is 30.3 Å². The van der Waals surface area contributed by atoms with Gasteiger partial charge in [-0.2, -0.15) is 5.26 Å². The molecule has 1 heterocycles. The maximum Gasteiger partial charge on any atom is 0.491 e. The van der Waals surface area contributed by atoms with Crippen molar-refractivity contribution in [3.8, 4) is 17.6 Å². The molecule has 1 aliphatic rings. The lowest BCUT2D eigenvalue weighted by atomic mass is 9.79. The van der Waals surface area contributed by atoms with Crippen molar-refractivity contribution in [1.82, 2.24) is 0 Å². The number of hydrogen-bond donors (Lipinski definition) is 1. The number of hydrogen-bond acceptors (Lipinski definition) is 4. The second kappa shape index (κ2) is 5.18. The second-order valence-electron chi connectivity index (χ2n) is 4.38. The molecule has 0 amide bonds. The SMILES string of the molecule is N#Cc1ccc(Oc2ccc3c(c2)B(O)OC3)c(Cl)c1. The molecule has 0 bridgehead atoms. The number of halogens is 1. The van der Waals surface area contributed by atoms with E-state index in [0.29, 0.717) is 34.2 Å². The van der Waals surface area contributed by atoms with Gasteiger partial charge in [-0.15, -0.1) is 0 Å². The Morgan fingerprint density at radius 2 is 2.15 bits per heavy atom. The van der Waals surface area contributed by atoms with Gasteiger partial charge in [0.2, 0.25) is 0 Å². The molecule has 98 valence electrons. The summed E-state index contributed by atoms with van der Waals surface area (Å²) in [6.45, 7) is 0.397. The third-order valence-electron chi connectivity index (χ3n) is 3.07. The average molecular weight is 285 g/mol. The molecule has 6 heteroatoms. The fourth-order valence-electron chi connectivity index (χ4n) is 2.04. The Balaban J connectivity index is 1.89. The van der Waals surface area contributed by atoms with Gasteiger partial charge in [0.05, 0.1) is 23.3 Å². The molecule has 3 rings (SSSR count). The van der Waals surface area contributed by atoms with E-state index in [9.17, 15) is 5.02 Å². The molecule has 2 aromatic rings. The highest BCUT2D eigenvalue weighted by molar-refractivity contribution is 6.61. The minimum Gasteiger partial charge on any atom is -0.456 e. The van der Waals surface area contributed by atoms with Gasteiger partial charge in [-0.25, -0.2) is 0 Å². The van der Waals surface area contributed by atoms with Gasteiger partial charge < -0.3 is 14.4 Å². The maximum absolute atomic E-state index is 9.65. The van der Waals surface area contributed by atoms with E-state index in [1.165, 1.54) is 0 Å². The summed E-state index contributed by atoms with van der Waals surface area (Å²) in [4.78, 5) is 0. The van der Waals surface area contributed by atoms with Gasteiger partial charge >= 0.3 is 7.12 Å². The van der Waals surface area contributed by atoms with E-state index in [4.69, 9.17) is 26.3 Å². The van der Waals surface area contributed by atoms with Crippen molar-refractivity contribution in [1.29, 1.82) is 5.26 Å². The van der Waals surface area contributed by atoms with Crippen LogP contribution in [0.3, 0.4) is 0 Å². The number of benzene rings is 2. The first-order valence-corrected chi connectivity index (χ1v) is 6.35. The van der Waals surface area contributed by atoms with Crippen LogP contribution in [-0.4, -0.2) is 12.1 Å². The van der Waals surface area contributed by atoms with E-state index < -0.39 is 7.12 Å². The normalized spacial score (nSPS) is 12.9. The van der Waals surface area contributed by atoms with Crippen LogP contribution in [0.25, 0.3) is 0 Å². The molecule has 0 aromatic heterocycles. The first-order valence-electron chi connectivity index (χ1n) is 5.97. The summed E-state index contributed by atoms with van der Waals surface area (Å²) in [5.41, 5.74) is 2.11. The monoisotopic (exact) mass is 285 g/mol. The largest absolute Gasteiger partial charge is 0.491 e. The molecule has 1 aliphatic heterocycles. The summed E-state index contributed by atoms with van der Waals surface area (Å²) in [6, 6.07) is 12.2. The minimum atomic E-state index is -0.912. The van der Waals surface area contributed by atoms with Gasteiger partial charge in [0.15, 0.2) is 0 Å². The highest BCUT2D eigenvalue weighted by Crippen LogP contribution is 2.30. The lowest BCUT2D eigenvalue weighted by Crippen LogP contribution is -2.27. The van der Waals surface area contributed by atoms with Gasteiger partial charge in [0.1, 0.15) is 11.5 Å². The molecule has 20 heavy (non-hydrogen) atoms. The molecule has 2 aromatic carbocycles. The number of nitrogens with zero attached hydrogens (tertiary/aromatic N) is 1. The number of nitriles is 1. The maximum atomic E-state index is 9.65. The lowest BCUT2D eigenvalue weighted by Gasteiger charge is -2.09. The molecule has 0 aliphatic carbocycles. The molecular formula is C14H9BClNO3. The Hall–Kier alpha value is -2.00. The van der Waals surface area contributed by atoms with Crippen LogP contribution in [0.5, 0.6) is 11.5 Å². The predicted octanol–water partition coefficient (Wildman–Crippen LogP) is 2.22. The van der Waals surface area contributed by atoms with Crippen molar-refractivity contribution in [3.05, 3.63) is 52.5 Å². The topological polar surface area (TPSA) is 62.5 Å². The van der Waals surface area contributed by atoms with Crippen LogP contribution in [0.15, 0.2) is 36.4 Å². The fraction of sp³-hybridized carbons (Fsp3) is 0.0714. The molecule has 0 saturated heterocycles. The van der Waals surface area contributed by atoms with Crippen LogP contribution in [0.1, 0.15) is 11.1 Å². The highest BCUT2D eigenvalue weighted by Gasteiger charge is 2.27. The zero-order valence-electron chi connectivity index (χ0n) is 10.3. The van der Waals surface area contributed by atoms with E-state index in [2.05, 4.69) is 0 Å². The summed E-state index contributed by atoms with van der Waals surface area (Å²) in [7, 11) is -0.912. The summed E-state index contributed by atoms with van der Waals surface area (Å²) in [6.07, 6.45) is 0.